The van der Waals surface area contributed by atoms with Crippen molar-refractivity contribution in [2.45, 2.75) is 39.3 Å². The van der Waals surface area contributed by atoms with Crippen LogP contribution in [0.1, 0.15) is 36.9 Å². The molecule has 0 aliphatic rings. The molecule has 1 aromatic heterocycles. The predicted octanol–water partition coefficient (Wildman–Crippen LogP) is 3.35. The maximum Gasteiger partial charge on any atom is 0.0845 e. The zero-order valence-electron chi connectivity index (χ0n) is 11.3. The van der Waals surface area contributed by atoms with Crippen molar-refractivity contribution < 1.29 is 5.11 Å². The molecule has 1 aromatic carbocycles. The normalized spacial score (nSPS) is 12.6. The summed E-state index contributed by atoms with van der Waals surface area (Å²) < 4.78 is 3.13. The van der Waals surface area contributed by atoms with Crippen LogP contribution in [0.25, 0.3) is 0 Å². The van der Waals surface area contributed by atoms with Crippen molar-refractivity contribution in [3.05, 3.63) is 50.9 Å². The van der Waals surface area contributed by atoms with E-state index in [1.807, 2.05) is 28.9 Å². The molecule has 1 heterocycles. The molecule has 0 fully saturated rings. The Morgan fingerprint density at radius 1 is 1.32 bits per heavy atom. The highest BCUT2D eigenvalue weighted by molar-refractivity contribution is 14.1. The van der Waals surface area contributed by atoms with E-state index in [9.17, 15) is 5.11 Å². The standard InChI is InChI=1S/C15H19IN2O/c1-3-13-9-14(18(4-2)17-13)10-15(19)11-6-5-7-12(16)8-11/h5-9,15,19H,3-4,10H2,1-2H3. The summed E-state index contributed by atoms with van der Waals surface area (Å²) in [7, 11) is 0. The zero-order valence-corrected chi connectivity index (χ0v) is 13.5. The van der Waals surface area contributed by atoms with Gasteiger partial charge in [-0.25, -0.2) is 0 Å². The number of nitrogens with zero attached hydrogens (tertiary/aromatic N) is 2. The second-order valence-corrected chi connectivity index (χ2v) is 5.82. The van der Waals surface area contributed by atoms with Gasteiger partial charge in [0.25, 0.3) is 0 Å². The molecule has 0 saturated heterocycles. The highest BCUT2D eigenvalue weighted by atomic mass is 127. The lowest BCUT2D eigenvalue weighted by molar-refractivity contribution is 0.175. The quantitative estimate of drug-likeness (QED) is 0.820. The minimum Gasteiger partial charge on any atom is -0.388 e. The fourth-order valence-corrected chi connectivity index (χ4v) is 2.72. The Hall–Kier alpha value is -0.880. The van der Waals surface area contributed by atoms with Crippen molar-refractivity contribution in [1.82, 2.24) is 9.78 Å². The SMILES string of the molecule is CCc1cc(CC(O)c2cccc(I)c2)n(CC)n1. The number of benzene rings is 1. The molecule has 1 N–H and O–H groups in total. The van der Waals surface area contributed by atoms with E-state index in [1.165, 1.54) is 0 Å². The van der Waals surface area contributed by atoms with Crippen molar-refractivity contribution in [2.75, 3.05) is 0 Å². The second-order valence-electron chi connectivity index (χ2n) is 4.57. The first kappa shape index (κ1) is 14.5. The molecule has 1 atom stereocenters. The van der Waals surface area contributed by atoms with Gasteiger partial charge in [-0.2, -0.15) is 5.10 Å². The Labute approximate surface area is 127 Å². The van der Waals surface area contributed by atoms with Crippen molar-refractivity contribution in [3.63, 3.8) is 0 Å². The zero-order chi connectivity index (χ0) is 13.8. The van der Waals surface area contributed by atoms with E-state index in [-0.39, 0.29) is 0 Å². The van der Waals surface area contributed by atoms with Crippen LogP contribution in [0.15, 0.2) is 30.3 Å². The van der Waals surface area contributed by atoms with Crippen LogP contribution < -0.4 is 0 Å². The van der Waals surface area contributed by atoms with Gasteiger partial charge >= 0.3 is 0 Å². The van der Waals surface area contributed by atoms with E-state index in [2.05, 4.69) is 47.6 Å². The van der Waals surface area contributed by atoms with Gasteiger partial charge in [-0.1, -0.05) is 19.1 Å². The van der Waals surface area contributed by atoms with Crippen LogP contribution in [0, 0.1) is 3.57 Å². The van der Waals surface area contributed by atoms with Crippen LogP contribution in [0.2, 0.25) is 0 Å². The van der Waals surface area contributed by atoms with Crippen LogP contribution in [0.4, 0.5) is 0 Å². The molecule has 1 unspecified atom stereocenters. The largest absolute Gasteiger partial charge is 0.388 e. The average Bonchev–Trinajstić information content (AvgIpc) is 2.81. The average molecular weight is 370 g/mol. The van der Waals surface area contributed by atoms with E-state index in [0.717, 1.165) is 33.5 Å². The van der Waals surface area contributed by atoms with Crippen LogP contribution in [0.5, 0.6) is 0 Å². The number of halogens is 1. The van der Waals surface area contributed by atoms with Crippen LogP contribution >= 0.6 is 22.6 Å². The minimum atomic E-state index is -0.471. The van der Waals surface area contributed by atoms with E-state index < -0.39 is 6.10 Å². The predicted molar refractivity (Wildman–Crippen MR) is 85.1 cm³/mol. The second kappa shape index (κ2) is 6.52. The summed E-state index contributed by atoms with van der Waals surface area (Å²) in [5.74, 6) is 0. The van der Waals surface area contributed by atoms with Gasteiger partial charge in [0.2, 0.25) is 0 Å². The van der Waals surface area contributed by atoms with Gasteiger partial charge in [-0.3, -0.25) is 4.68 Å². The molecule has 2 rings (SSSR count). The highest BCUT2D eigenvalue weighted by Gasteiger charge is 2.13. The summed E-state index contributed by atoms with van der Waals surface area (Å²) in [5.41, 5.74) is 3.16. The third kappa shape index (κ3) is 3.57. The maximum atomic E-state index is 10.4. The highest BCUT2D eigenvalue weighted by Crippen LogP contribution is 2.21. The van der Waals surface area contributed by atoms with E-state index in [0.29, 0.717) is 6.42 Å². The number of hydrogen-bond donors (Lipinski definition) is 1. The van der Waals surface area contributed by atoms with Gasteiger partial charge in [-0.05, 0) is 59.7 Å². The summed E-state index contributed by atoms with van der Waals surface area (Å²) >= 11 is 2.27. The summed E-state index contributed by atoms with van der Waals surface area (Å²) in [6.45, 7) is 5.02. The first-order chi connectivity index (χ1) is 9.13. The minimum absolute atomic E-state index is 0.471. The summed E-state index contributed by atoms with van der Waals surface area (Å²) in [4.78, 5) is 0. The van der Waals surface area contributed by atoms with E-state index in [1.54, 1.807) is 0 Å². The Balaban J connectivity index is 2.18. The molecule has 102 valence electrons. The van der Waals surface area contributed by atoms with Crippen molar-refractivity contribution in [2.24, 2.45) is 0 Å². The lowest BCUT2D eigenvalue weighted by atomic mass is 10.0. The molecular weight excluding hydrogens is 351 g/mol. The van der Waals surface area contributed by atoms with Gasteiger partial charge in [-0.15, -0.1) is 0 Å². The molecule has 4 heteroatoms. The van der Waals surface area contributed by atoms with E-state index in [4.69, 9.17) is 0 Å². The van der Waals surface area contributed by atoms with Crippen LogP contribution in [-0.2, 0) is 19.4 Å². The van der Waals surface area contributed by atoms with Gasteiger partial charge in [0, 0.05) is 22.2 Å². The molecule has 2 aromatic rings. The molecule has 0 spiro atoms. The number of aromatic nitrogens is 2. The molecule has 0 saturated carbocycles. The third-order valence-electron chi connectivity index (χ3n) is 3.21. The number of aryl methyl sites for hydroxylation is 2. The molecule has 3 nitrogen and oxygen atoms in total. The first-order valence-corrected chi connectivity index (χ1v) is 7.71. The molecule has 19 heavy (non-hydrogen) atoms. The molecular formula is C15H19IN2O. The van der Waals surface area contributed by atoms with E-state index >= 15 is 0 Å². The van der Waals surface area contributed by atoms with Crippen LogP contribution in [-0.4, -0.2) is 14.9 Å². The topological polar surface area (TPSA) is 38.0 Å². The fourth-order valence-electron chi connectivity index (χ4n) is 2.16. The maximum absolute atomic E-state index is 10.4. The van der Waals surface area contributed by atoms with Gasteiger partial charge in [0.05, 0.1) is 11.8 Å². The van der Waals surface area contributed by atoms with Gasteiger partial charge in [0.1, 0.15) is 0 Å². The first-order valence-electron chi connectivity index (χ1n) is 6.63. The number of hydrogen-bond acceptors (Lipinski definition) is 2. The molecule has 0 radical (unpaired) electrons. The molecule has 0 aliphatic heterocycles. The van der Waals surface area contributed by atoms with Crippen molar-refractivity contribution in [1.29, 1.82) is 0 Å². The third-order valence-corrected chi connectivity index (χ3v) is 3.88. The fraction of sp³-hybridized carbons (Fsp3) is 0.400. The summed E-state index contributed by atoms with van der Waals surface area (Å²) in [6.07, 6.45) is 1.07. The Kier molecular flexibility index (Phi) is 4.99. The summed E-state index contributed by atoms with van der Waals surface area (Å²) in [6, 6.07) is 10.1. The summed E-state index contributed by atoms with van der Waals surface area (Å²) in [5, 5.41) is 14.9. The lowest BCUT2D eigenvalue weighted by Gasteiger charge is -2.12. The number of rotatable bonds is 5. The molecule has 0 aliphatic carbocycles. The monoisotopic (exact) mass is 370 g/mol. The van der Waals surface area contributed by atoms with Gasteiger partial charge < -0.3 is 5.11 Å². The number of aliphatic hydroxyl groups is 1. The number of aliphatic hydroxyl groups excluding tert-OH is 1. The van der Waals surface area contributed by atoms with Crippen molar-refractivity contribution in [3.8, 4) is 0 Å². The van der Waals surface area contributed by atoms with Crippen molar-refractivity contribution >= 4 is 22.6 Å². The Morgan fingerprint density at radius 3 is 2.74 bits per heavy atom. The smallest absolute Gasteiger partial charge is 0.0845 e. The Morgan fingerprint density at radius 2 is 2.11 bits per heavy atom. The Bertz CT molecular complexity index is 551. The van der Waals surface area contributed by atoms with Crippen LogP contribution in [0.3, 0.4) is 0 Å². The van der Waals surface area contributed by atoms with Gasteiger partial charge in [0.15, 0.2) is 0 Å². The molecule has 0 bridgehead atoms. The molecule has 0 amide bonds. The lowest BCUT2D eigenvalue weighted by Crippen LogP contribution is -2.08.